The average molecular weight is 272 g/mol. The quantitative estimate of drug-likeness (QED) is 0.837. The maximum atomic E-state index is 10.6. The van der Waals surface area contributed by atoms with Gasteiger partial charge in [0.25, 0.3) is 0 Å². The van der Waals surface area contributed by atoms with Gasteiger partial charge >= 0.3 is 5.97 Å². The van der Waals surface area contributed by atoms with Crippen LogP contribution in [0.1, 0.15) is 5.56 Å². The van der Waals surface area contributed by atoms with Gasteiger partial charge in [0.05, 0.1) is 13.1 Å². The molecule has 90 valence electrons. The minimum absolute atomic E-state index is 0.122. The molecule has 0 saturated heterocycles. The Morgan fingerprint density at radius 3 is 2.71 bits per heavy atom. The Bertz CT molecular complexity index is 454. The van der Waals surface area contributed by atoms with Crippen molar-refractivity contribution in [2.45, 2.75) is 6.54 Å². The van der Waals surface area contributed by atoms with Crippen LogP contribution in [-0.2, 0) is 11.3 Å². The van der Waals surface area contributed by atoms with E-state index in [2.05, 4.69) is 5.92 Å². The molecule has 0 saturated carbocycles. The van der Waals surface area contributed by atoms with E-state index in [1.807, 2.05) is 0 Å². The molecule has 0 aliphatic heterocycles. The summed E-state index contributed by atoms with van der Waals surface area (Å²) in [4.78, 5) is 12.3. The van der Waals surface area contributed by atoms with Gasteiger partial charge in [-0.05, 0) is 17.7 Å². The van der Waals surface area contributed by atoms with Gasteiger partial charge in [0.15, 0.2) is 0 Å². The van der Waals surface area contributed by atoms with E-state index in [0.717, 1.165) is 5.56 Å². The molecule has 0 spiro atoms. The molecule has 0 radical (unpaired) electrons. The highest BCUT2D eigenvalue weighted by molar-refractivity contribution is 6.35. The molecular weight excluding hydrogens is 261 g/mol. The minimum atomic E-state index is -0.926. The molecule has 0 bridgehead atoms. The van der Waals surface area contributed by atoms with E-state index in [9.17, 15) is 4.79 Å². The lowest BCUT2D eigenvalue weighted by atomic mass is 10.2. The first kappa shape index (κ1) is 13.9. The zero-order valence-corrected chi connectivity index (χ0v) is 10.5. The van der Waals surface area contributed by atoms with Crippen molar-refractivity contribution < 1.29 is 9.90 Å². The smallest absolute Gasteiger partial charge is 0.317 e. The Morgan fingerprint density at radius 2 is 2.18 bits per heavy atom. The van der Waals surface area contributed by atoms with Crippen LogP contribution in [0.5, 0.6) is 0 Å². The largest absolute Gasteiger partial charge is 0.480 e. The SMILES string of the molecule is C#CCN(CC(=O)O)Cc1ccc(Cl)cc1Cl. The van der Waals surface area contributed by atoms with Gasteiger partial charge in [-0.3, -0.25) is 9.69 Å². The van der Waals surface area contributed by atoms with Crippen molar-refractivity contribution in [3.05, 3.63) is 33.8 Å². The summed E-state index contributed by atoms with van der Waals surface area (Å²) in [5.41, 5.74) is 0.799. The third-order valence-corrected chi connectivity index (χ3v) is 2.67. The van der Waals surface area contributed by atoms with Crippen LogP contribution in [0.25, 0.3) is 0 Å². The van der Waals surface area contributed by atoms with Gasteiger partial charge in [-0.25, -0.2) is 0 Å². The fourth-order valence-corrected chi connectivity index (χ4v) is 1.85. The third kappa shape index (κ3) is 4.66. The van der Waals surface area contributed by atoms with Crippen LogP contribution in [0.2, 0.25) is 10.0 Å². The Morgan fingerprint density at radius 1 is 1.47 bits per heavy atom. The minimum Gasteiger partial charge on any atom is -0.480 e. The molecule has 1 N–H and O–H groups in total. The summed E-state index contributed by atoms with van der Waals surface area (Å²) in [6, 6.07) is 5.08. The summed E-state index contributed by atoms with van der Waals surface area (Å²) in [5.74, 6) is 1.49. The van der Waals surface area contributed by atoms with Crippen LogP contribution < -0.4 is 0 Å². The Labute approximate surface area is 110 Å². The molecule has 5 heteroatoms. The molecule has 3 nitrogen and oxygen atoms in total. The summed E-state index contributed by atoms with van der Waals surface area (Å²) in [7, 11) is 0. The molecule has 17 heavy (non-hydrogen) atoms. The number of hydrogen-bond donors (Lipinski definition) is 1. The van der Waals surface area contributed by atoms with Crippen LogP contribution >= 0.6 is 23.2 Å². The lowest BCUT2D eigenvalue weighted by Crippen LogP contribution is -2.29. The fraction of sp³-hybridized carbons (Fsp3) is 0.250. The summed E-state index contributed by atoms with van der Waals surface area (Å²) in [6.45, 7) is 0.515. The number of carbonyl (C=O) groups is 1. The summed E-state index contributed by atoms with van der Waals surface area (Å²) in [6.07, 6.45) is 5.18. The monoisotopic (exact) mass is 271 g/mol. The van der Waals surface area contributed by atoms with Crippen molar-refractivity contribution in [3.8, 4) is 12.3 Å². The molecule has 0 aliphatic carbocycles. The maximum absolute atomic E-state index is 10.6. The van der Waals surface area contributed by atoms with E-state index >= 15 is 0 Å². The number of aliphatic carboxylic acids is 1. The second-order valence-corrected chi connectivity index (χ2v) is 4.32. The van der Waals surface area contributed by atoms with Crippen molar-refractivity contribution >= 4 is 29.2 Å². The molecular formula is C12H11Cl2NO2. The molecule has 0 unspecified atom stereocenters. The highest BCUT2D eigenvalue weighted by Gasteiger charge is 2.11. The second-order valence-electron chi connectivity index (χ2n) is 3.48. The maximum Gasteiger partial charge on any atom is 0.317 e. The van der Waals surface area contributed by atoms with Crippen LogP contribution in [0.4, 0.5) is 0 Å². The predicted molar refractivity (Wildman–Crippen MR) is 68.2 cm³/mol. The van der Waals surface area contributed by atoms with Gasteiger partial charge in [0.1, 0.15) is 0 Å². The zero-order chi connectivity index (χ0) is 12.8. The number of benzene rings is 1. The first-order chi connectivity index (χ1) is 8.02. The Balaban J connectivity index is 2.78. The van der Waals surface area contributed by atoms with Crippen LogP contribution in [0.15, 0.2) is 18.2 Å². The average Bonchev–Trinajstić information content (AvgIpc) is 2.21. The van der Waals surface area contributed by atoms with Gasteiger partial charge in [-0.1, -0.05) is 35.2 Å². The summed E-state index contributed by atoms with van der Waals surface area (Å²) < 4.78 is 0. The number of terminal acetylenes is 1. The summed E-state index contributed by atoms with van der Waals surface area (Å²) in [5, 5.41) is 9.78. The van der Waals surface area contributed by atoms with Crippen molar-refractivity contribution in [3.63, 3.8) is 0 Å². The number of rotatable bonds is 5. The Kier molecular flexibility index (Phi) is 5.30. The topological polar surface area (TPSA) is 40.5 Å². The normalized spacial score (nSPS) is 10.2. The van der Waals surface area contributed by atoms with Gasteiger partial charge in [0, 0.05) is 16.6 Å². The van der Waals surface area contributed by atoms with Gasteiger partial charge in [-0.2, -0.15) is 0 Å². The van der Waals surface area contributed by atoms with E-state index in [1.54, 1.807) is 23.1 Å². The molecule has 1 aromatic carbocycles. The van der Waals surface area contributed by atoms with Crippen molar-refractivity contribution in [1.29, 1.82) is 0 Å². The predicted octanol–water partition coefficient (Wildman–Crippen LogP) is 2.51. The van der Waals surface area contributed by atoms with Crippen LogP contribution in [-0.4, -0.2) is 29.1 Å². The third-order valence-electron chi connectivity index (χ3n) is 2.08. The highest BCUT2D eigenvalue weighted by Crippen LogP contribution is 2.22. The van der Waals surface area contributed by atoms with Crippen molar-refractivity contribution in [2.75, 3.05) is 13.1 Å². The lowest BCUT2D eigenvalue weighted by molar-refractivity contribution is -0.138. The lowest BCUT2D eigenvalue weighted by Gasteiger charge is -2.18. The van der Waals surface area contributed by atoms with E-state index in [4.69, 9.17) is 34.7 Å². The van der Waals surface area contributed by atoms with Crippen molar-refractivity contribution in [2.24, 2.45) is 0 Å². The molecule has 0 atom stereocenters. The number of halogens is 2. The fourth-order valence-electron chi connectivity index (χ4n) is 1.38. The van der Waals surface area contributed by atoms with E-state index < -0.39 is 5.97 Å². The molecule has 0 aromatic heterocycles. The standard InChI is InChI=1S/C12H11Cl2NO2/c1-2-5-15(8-12(16)17)7-9-3-4-10(13)6-11(9)14/h1,3-4,6H,5,7-8H2,(H,16,17). The first-order valence-electron chi connectivity index (χ1n) is 4.84. The van der Waals surface area contributed by atoms with E-state index in [1.165, 1.54) is 0 Å². The van der Waals surface area contributed by atoms with Crippen LogP contribution in [0, 0.1) is 12.3 Å². The number of hydrogen-bond acceptors (Lipinski definition) is 2. The number of nitrogens with zero attached hydrogens (tertiary/aromatic N) is 1. The second kappa shape index (κ2) is 6.51. The molecule has 1 aromatic rings. The molecule has 1 rings (SSSR count). The number of carboxylic acids is 1. The Hall–Kier alpha value is -1.21. The van der Waals surface area contributed by atoms with E-state index in [0.29, 0.717) is 16.6 Å². The first-order valence-corrected chi connectivity index (χ1v) is 5.60. The number of carboxylic acid groups (broad SMARTS) is 1. The van der Waals surface area contributed by atoms with E-state index in [-0.39, 0.29) is 13.1 Å². The molecule has 0 aliphatic rings. The zero-order valence-electron chi connectivity index (χ0n) is 8.99. The van der Waals surface area contributed by atoms with Crippen LogP contribution in [0.3, 0.4) is 0 Å². The summed E-state index contributed by atoms with van der Waals surface area (Å²) >= 11 is 11.8. The molecule has 0 fully saturated rings. The molecule has 0 heterocycles. The molecule has 0 amide bonds. The highest BCUT2D eigenvalue weighted by atomic mass is 35.5. The van der Waals surface area contributed by atoms with Gasteiger partial charge in [-0.15, -0.1) is 6.42 Å². The van der Waals surface area contributed by atoms with Crippen molar-refractivity contribution in [1.82, 2.24) is 4.90 Å². The van der Waals surface area contributed by atoms with Gasteiger partial charge in [0.2, 0.25) is 0 Å². The van der Waals surface area contributed by atoms with Gasteiger partial charge < -0.3 is 5.11 Å².